The summed E-state index contributed by atoms with van der Waals surface area (Å²) in [6.45, 7) is 5.42. The van der Waals surface area contributed by atoms with E-state index in [0.717, 1.165) is 24.2 Å². The monoisotopic (exact) mass is 429 g/mol. The second-order valence-corrected chi connectivity index (χ2v) is 6.66. The van der Waals surface area contributed by atoms with Crippen LogP contribution in [0.15, 0.2) is 47.6 Å². The van der Waals surface area contributed by atoms with E-state index < -0.39 is 5.97 Å². The number of benzene rings is 2. The number of hydrazone groups is 1. The van der Waals surface area contributed by atoms with Gasteiger partial charge in [-0.2, -0.15) is 5.10 Å². The minimum absolute atomic E-state index is 0.319. The number of rotatable bonds is 10. The number of nitrogens with zero attached hydrogens (tertiary/aromatic N) is 1. The standard InChI is InChI=1S/C22H27N3O4S/c1-4-6-13-28-18-10-8-17(9-11-18)21(26)29-19-12-7-16(14-20(19)27-3)15-24-25-22(30)23-5-2/h7-12,14-15H,4-6,13H2,1-3H3,(H2,23,25,30)/b24-15-. The molecule has 2 aromatic carbocycles. The van der Waals surface area contributed by atoms with Crippen molar-refractivity contribution in [2.45, 2.75) is 26.7 Å². The molecule has 0 saturated heterocycles. The van der Waals surface area contributed by atoms with Crippen LogP contribution in [0.25, 0.3) is 0 Å². The van der Waals surface area contributed by atoms with Gasteiger partial charge >= 0.3 is 5.97 Å². The summed E-state index contributed by atoms with van der Waals surface area (Å²) in [6.07, 6.45) is 3.65. The van der Waals surface area contributed by atoms with Crippen LogP contribution >= 0.6 is 12.2 Å². The number of hydrogen-bond donors (Lipinski definition) is 2. The predicted molar refractivity (Wildman–Crippen MR) is 122 cm³/mol. The summed E-state index contributed by atoms with van der Waals surface area (Å²) >= 11 is 5.04. The Morgan fingerprint density at radius 2 is 1.90 bits per heavy atom. The minimum atomic E-state index is -0.479. The average molecular weight is 430 g/mol. The fourth-order valence-corrected chi connectivity index (χ4v) is 2.59. The van der Waals surface area contributed by atoms with Gasteiger partial charge in [-0.05, 0) is 73.6 Å². The highest BCUT2D eigenvalue weighted by molar-refractivity contribution is 7.80. The second kappa shape index (κ2) is 12.4. The first-order valence-electron chi connectivity index (χ1n) is 9.77. The highest BCUT2D eigenvalue weighted by Crippen LogP contribution is 2.28. The number of carbonyl (C=O) groups is 1. The summed E-state index contributed by atoms with van der Waals surface area (Å²) < 4.78 is 16.4. The molecule has 0 aliphatic rings. The first kappa shape index (κ1) is 23.2. The van der Waals surface area contributed by atoms with Crippen LogP contribution in [0, 0.1) is 0 Å². The van der Waals surface area contributed by atoms with E-state index in [4.69, 9.17) is 26.4 Å². The van der Waals surface area contributed by atoms with E-state index in [0.29, 0.717) is 35.3 Å². The zero-order chi connectivity index (χ0) is 21.8. The molecule has 2 N–H and O–H groups in total. The van der Waals surface area contributed by atoms with Gasteiger partial charge in [-0.25, -0.2) is 4.79 Å². The molecule has 0 radical (unpaired) electrons. The fourth-order valence-electron chi connectivity index (χ4n) is 2.39. The van der Waals surface area contributed by atoms with Crippen molar-refractivity contribution in [2.24, 2.45) is 5.10 Å². The lowest BCUT2D eigenvalue weighted by Crippen LogP contribution is -2.31. The average Bonchev–Trinajstić information content (AvgIpc) is 2.75. The summed E-state index contributed by atoms with van der Waals surface area (Å²) in [5.41, 5.74) is 3.89. The molecular formula is C22H27N3O4S. The number of hydrogen-bond acceptors (Lipinski definition) is 6. The van der Waals surface area contributed by atoms with E-state index in [1.54, 1.807) is 48.7 Å². The first-order chi connectivity index (χ1) is 14.6. The molecule has 30 heavy (non-hydrogen) atoms. The molecule has 0 atom stereocenters. The maximum atomic E-state index is 12.5. The molecule has 0 aliphatic heterocycles. The van der Waals surface area contributed by atoms with E-state index in [1.807, 2.05) is 6.92 Å². The highest BCUT2D eigenvalue weighted by Gasteiger charge is 2.13. The van der Waals surface area contributed by atoms with Crippen molar-refractivity contribution in [1.82, 2.24) is 10.7 Å². The fraction of sp³-hybridized carbons (Fsp3) is 0.318. The lowest BCUT2D eigenvalue weighted by atomic mass is 10.2. The molecule has 0 bridgehead atoms. The number of nitrogens with one attached hydrogen (secondary N) is 2. The summed E-state index contributed by atoms with van der Waals surface area (Å²) in [6, 6.07) is 12.0. The van der Waals surface area contributed by atoms with Crippen LogP contribution in [0.5, 0.6) is 17.2 Å². The normalized spacial score (nSPS) is 10.5. The maximum absolute atomic E-state index is 12.5. The van der Waals surface area contributed by atoms with E-state index >= 15 is 0 Å². The lowest BCUT2D eigenvalue weighted by molar-refractivity contribution is 0.0729. The predicted octanol–water partition coefficient (Wildman–Crippen LogP) is 3.91. The van der Waals surface area contributed by atoms with Crippen molar-refractivity contribution in [3.05, 3.63) is 53.6 Å². The number of thiocarbonyl (C=S) groups is 1. The van der Waals surface area contributed by atoms with Crippen LogP contribution in [0.4, 0.5) is 0 Å². The van der Waals surface area contributed by atoms with Crippen LogP contribution < -0.4 is 25.0 Å². The molecule has 160 valence electrons. The van der Waals surface area contributed by atoms with Crippen LogP contribution in [0.1, 0.15) is 42.6 Å². The van der Waals surface area contributed by atoms with Gasteiger partial charge < -0.3 is 19.5 Å². The molecule has 2 rings (SSSR count). The molecule has 0 fully saturated rings. The summed E-state index contributed by atoms with van der Waals surface area (Å²) in [5.74, 6) is 0.982. The van der Waals surface area contributed by atoms with Gasteiger partial charge in [0.15, 0.2) is 16.6 Å². The maximum Gasteiger partial charge on any atom is 0.343 e. The number of carbonyl (C=O) groups excluding carboxylic acids is 1. The van der Waals surface area contributed by atoms with Gasteiger partial charge in [0, 0.05) is 6.54 Å². The van der Waals surface area contributed by atoms with Gasteiger partial charge in [-0.15, -0.1) is 0 Å². The Balaban J connectivity index is 2.00. The Hall–Kier alpha value is -3.13. The van der Waals surface area contributed by atoms with Gasteiger partial charge in [0.1, 0.15) is 5.75 Å². The number of methoxy groups -OCH3 is 1. The van der Waals surface area contributed by atoms with Crippen LogP contribution in [-0.4, -0.2) is 37.6 Å². The molecule has 0 unspecified atom stereocenters. The molecule has 0 amide bonds. The third-order valence-electron chi connectivity index (χ3n) is 3.96. The van der Waals surface area contributed by atoms with Crippen LogP contribution in [0.3, 0.4) is 0 Å². The first-order valence-corrected chi connectivity index (χ1v) is 10.2. The Morgan fingerprint density at radius 3 is 2.57 bits per heavy atom. The molecule has 0 aliphatic carbocycles. The zero-order valence-corrected chi connectivity index (χ0v) is 18.3. The van der Waals surface area contributed by atoms with E-state index in [-0.39, 0.29) is 0 Å². The minimum Gasteiger partial charge on any atom is -0.494 e. The van der Waals surface area contributed by atoms with Gasteiger partial charge in [0.05, 0.1) is 25.5 Å². The quantitative estimate of drug-likeness (QED) is 0.148. The van der Waals surface area contributed by atoms with Gasteiger partial charge in [-0.1, -0.05) is 13.3 Å². The van der Waals surface area contributed by atoms with Crippen LogP contribution in [0.2, 0.25) is 0 Å². The van der Waals surface area contributed by atoms with E-state index in [9.17, 15) is 4.79 Å². The van der Waals surface area contributed by atoms with Crippen molar-refractivity contribution in [1.29, 1.82) is 0 Å². The number of esters is 1. The van der Waals surface area contributed by atoms with Crippen molar-refractivity contribution in [3.8, 4) is 17.2 Å². The Bertz CT molecular complexity index is 869. The number of unbranched alkanes of at least 4 members (excludes halogenated alkanes) is 1. The number of ether oxygens (including phenoxy) is 3. The largest absolute Gasteiger partial charge is 0.494 e. The highest BCUT2D eigenvalue weighted by atomic mass is 32.1. The lowest BCUT2D eigenvalue weighted by Gasteiger charge is -2.10. The zero-order valence-electron chi connectivity index (χ0n) is 17.4. The molecular weight excluding hydrogens is 402 g/mol. The van der Waals surface area contributed by atoms with Gasteiger partial charge in [0.25, 0.3) is 0 Å². The molecule has 7 nitrogen and oxygen atoms in total. The third kappa shape index (κ3) is 7.36. The third-order valence-corrected chi connectivity index (χ3v) is 4.20. The molecule has 0 aromatic heterocycles. The SMILES string of the molecule is CCCCOc1ccc(C(=O)Oc2ccc(/C=N\NC(=S)NCC)cc2OC)cc1. The van der Waals surface area contributed by atoms with E-state index in [2.05, 4.69) is 22.8 Å². The molecule has 0 saturated carbocycles. The van der Waals surface area contributed by atoms with Crippen molar-refractivity contribution in [3.63, 3.8) is 0 Å². The van der Waals surface area contributed by atoms with Crippen molar-refractivity contribution in [2.75, 3.05) is 20.3 Å². The van der Waals surface area contributed by atoms with Crippen LogP contribution in [-0.2, 0) is 0 Å². The molecule has 8 heteroatoms. The molecule has 0 heterocycles. The van der Waals surface area contributed by atoms with Gasteiger partial charge in [0.2, 0.25) is 0 Å². The van der Waals surface area contributed by atoms with E-state index in [1.165, 1.54) is 7.11 Å². The second-order valence-electron chi connectivity index (χ2n) is 6.26. The summed E-state index contributed by atoms with van der Waals surface area (Å²) in [7, 11) is 1.51. The summed E-state index contributed by atoms with van der Waals surface area (Å²) in [5, 5.41) is 7.43. The smallest absolute Gasteiger partial charge is 0.343 e. The topological polar surface area (TPSA) is 81.2 Å². The van der Waals surface area contributed by atoms with Gasteiger partial charge in [-0.3, -0.25) is 5.43 Å². The Kier molecular flexibility index (Phi) is 9.60. The van der Waals surface area contributed by atoms with Crippen molar-refractivity contribution >= 4 is 29.5 Å². The Labute approximate surface area is 182 Å². The van der Waals surface area contributed by atoms with Crippen molar-refractivity contribution < 1.29 is 19.0 Å². The summed E-state index contributed by atoms with van der Waals surface area (Å²) in [4.78, 5) is 12.5. The molecule has 0 spiro atoms. The Morgan fingerprint density at radius 1 is 1.13 bits per heavy atom. The molecule has 2 aromatic rings.